The average molecular weight is 324 g/mol. The van der Waals surface area contributed by atoms with Crippen molar-refractivity contribution in [2.45, 2.75) is 31.8 Å². The number of benzene rings is 1. The second-order valence-corrected chi connectivity index (χ2v) is 6.97. The van der Waals surface area contributed by atoms with E-state index < -0.39 is 0 Å². The molecule has 0 bridgehead atoms. The van der Waals surface area contributed by atoms with E-state index in [0.717, 1.165) is 32.6 Å². The molecule has 2 aliphatic rings. The van der Waals surface area contributed by atoms with E-state index in [2.05, 4.69) is 50.3 Å². The van der Waals surface area contributed by atoms with Gasteiger partial charge in [-0.2, -0.15) is 5.10 Å². The van der Waals surface area contributed by atoms with Gasteiger partial charge in [0.15, 0.2) is 0 Å². The minimum Gasteiger partial charge on any atom is -0.333 e. The van der Waals surface area contributed by atoms with Crippen LogP contribution >= 0.6 is 0 Å². The van der Waals surface area contributed by atoms with E-state index in [1.165, 1.54) is 18.4 Å². The minimum absolute atomic E-state index is 0.103. The average Bonchev–Trinajstić information content (AvgIpc) is 3.22. The molecule has 1 aromatic carbocycles. The molecule has 2 aliphatic heterocycles. The van der Waals surface area contributed by atoms with Crippen molar-refractivity contribution in [2.24, 2.45) is 5.92 Å². The van der Waals surface area contributed by atoms with Gasteiger partial charge in [-0.05, 0) is 30.4 Å². The zero-order chi connectivity index (χ0) is 16.4. The lowest BCUT2D eigenvalue weighted by Gasteiger charge is -2.30. The molecule has 2 fully saturated rings. The summed E-state index contributed by atoms with van der Waals surface area (Å²) in [5.41, 5.74) is 1.96. The molecule has 0 saturated carbocycles. The predicted molar refractivity (Wildman–Crippen MR) is 92.5 cm³/mol. The third-order valence-electron chi connectivity index (χ3n) is 5.35. The maximum Gasteiger partial charge on any atom is 0.272 e. The lowest BCUT2D eigenvalue weighted by molar-refractivity contribution is 0.0657. The van der Waals surface area contributed by atoms with Gasteiger partial charge in [0.05, 0.1) is 0 Å². The Morgan fingerprint density at radius 2 is 2.04 bits per heavy atom. The quantitative estimate of drug-likeness (QED) is 0.944. The van der Waals surface area contributed by atoms with Crippen LogP contribution in [0.15, 0.2) is 42.6 Å². The molecule has 0 aliphatic carbocycles. The molecule has 5 heteroatoms. The standard InChI is InChI=1S/C19H24N4O/c24-19(17-9-10-20-21-17)23-11-5-4-8-16-13-22(14-18(16)23)12-15-6-2-1-3-7-15/h1-3,6-7,9-10,16,18H,4-5,8,11-14H2,(H,20,21)/t16-,18+/m0/s1. The lowest BCUT2D eigenvalue weighted by atomic mass is 9.98. The molecule has 0 radical (unpaired) electrons. The number of hydrogen-bond donors (Lipinski definition) is 1. The molecular weight excluding hydrogens is 300 g/mol. The predicted octanol–water partition coefficient (Wildman–Crippen LogP) is 2.54. The number of hydrogen-bond acceptors (Lipinski definition) is 3. The van der Waals surface area contributed by atoms with Crippen LogP contribution < -0.4 is 0 Å². The maximum absolute atomic E-state index is 12.9. The summed E-state index contributed by atoms with van der Waals surface area (Å²) in [5.74, 6) is 0.689. The Kier molecular flexibility index (Phi) is 4.34. The van der Waals surface area contributed by atoms with Crippen LogP contribution in [0, 0.1) is 5.92 Å². The first-order chi connectivity index (χ1) is 11.8. The van der Waals surface area contributed by atoms with E-state index in [9.17, 15) is 4.79 Å². The van der Waals surface area contributed by atoms with Gasteiger partial charge in [-0.15, -0.1) is 0 Å². The van der Waals surface area contributed by atoms with E-state index in [-0.39, 0.29) is 5.91 Å². The Morgan fingerprint density at radius 1 is 1.17 bits per heavy atom. The molecule has 0 spiro atoms. The van der Waals surface area contributed by atoms with Crippen LogP contribution in [0.4, 0.5) is 0 Å². The first-order valence-corrected chi connectivity index (χ1v) is 8.88. The largest absolute Gasteiger partial charge is 0.333 e. The smallest absolute Gasteiger partial charge is 0.272 e. The second kappa shape index (κ2) is 6.77. The molecule has 2 saturated heterocycles. The van der Waals surface area contributed by atoms with Crippen LogP contribution in [-0.4, -0.2) is 51.6 Å². The van der Waals surface area contributed by atoms with Crippen LogP contribution in [0.2, 0.25) is 0 Å². The highest BCUT2D eigenvalue weighted by molar-refractivity contribution is 5.92. The lowest BCUT2D eigenvalue weighted by Crippen LogP contribution is -2.44. The van der Waals surface area contributed by atoms with E-state index in [4.69, 9.17) is 0 Å². The van der Waals surface area contributed by atoms with Gasteiger partial charge in [0.25, 0.3) is 5.91 Å². The fraction of sp³-hybridized carbons (Fsp3) is 0.474. The summed E-state index contributed by atoms with van der Waals surface area (Å²) in [6, 6.07) is 12.7. The summed E-state index contributed by atoms with van der Waals surface area (Å²) in [6.07, 6.45) is 5.19. The van der Waals surface area contributed by atoms with Crippen LogP contribution in [-0.2, 0) is 6.54 Å². The summed E-state index contributed by atoms with van der Waals surface area (Å²) in [4.78, 5) is 17.5. The Bertz CT molecular complexity index is 670. The molecule has 2 aromatic rings. The Balaban J connectivity index is 1.50. The number of rotatable bonds is 3. The number of amides is 1. The van der Waals surface area contributed by atoms with Crippen molar-refractivity contribution >= 4 is 5.91 Å². The van der Waals surface area contributed by atoms with Gasteiger partial charge in [0.1, 0.15) is 5.69 Å². The molecule has 24 heavy (non-hydrogen) atoms. The summed E-state index contributed by atoms with van der Waals surface area (Å²) < 4.78 is 0. The summed E-state index contributed by atoms with van der Waals surface area (Å²) in [5, 5.41) is 6.77. The zero-order valence-corrected chi connectivity index (χ0v) is 13.9. The van der Waals surface area contributed by atoms with Gasteiger partial charge in [0.2, 0.25) is 0 Å². The van der Waals surface area contributed by atoms with Crippen LogP contribution in [0.25, 0.3) is 0 Å². The van der Waals surface area contributed by atoms with E-state index in [1.54, 1.807) is 12.3 Å². The van der Waals surface area contributed by atoms with Gasteiger partial charge >= 0.3 is 0 Å². The second-order valence-electron chi connectivity index (χ2n) is 6.97. The van der Waals surface area contributed by atoms with Gasteiger partial charge < -0.3 is 4.90 Å². The van der Waals surface area contributed by atoms with Crippen LogP contribution in [0.5, 0.6) is 0 Å². The number of nitrogens with one attached hydrogen (secondary N) is 1. The molecule has 3 heterocycles. The van der Waals surface area contributed by atoms with Gasteiger partial charge in [-0.1, -0.05) is 36.8 Å². The first kappa shape index (κ1) is 15.4. The number of fused-ring (bicyclic) bond motifs is 1. The van der Waals surface area contributed by atoms with Gasteiger partial charge in [-0.25, -0.2) is 0 Å². The van der Waals surface area contributed by atoms with E-state index >= 15 is 0 Å². The molecular formula is C19H24N4O. The normalized spacial score (nSPS) is 24.6. The molecule has 2 atom stereocenters. The molecule has 0 unspecified atom stereocenters. The number of likely N-dealkylation sites (tertiary alicyclic amines) is 2. The number of H-pyrrole nitrogens is 1. The van der Waals surface area contributed by atoms with Crippen molar-refractivity contribution in [1.82, 2.24) is 20.0 Å². The highest BCUT2D eigenvalue weighted by Gasteiger charge is 2.39. The topological polar surface area (TPSA) is 52.2 Å². The molecule has 4 rings (SSSR count). The number of nitrogens with zero attached hydrogens (tertiary/aromatic N) is 3. The number of aromatic nitrogens is 2. The first-order valence-electron chi connectivity index (χ1n) is 8.88. The number of carbonyl (C=O) groups is 1. The zero-order valence-electron chi connectivity index (χ0n) is 13.9. The molecule has 1 N–H and O–H groups in total. The van der Waals surface area contributed by atoms with Crippen molar-refractivity contribution in [2.75, 3.05) is 19.6 Å². The fourth-order valence-electron chi connectivity index (χ4n) is 4.19. The fourth-order valence-corrected chi connectivity index (χ4v) is 4.19. The molecule has 126 valence electrons. The van der Waals surface area contributed by atoms with Gasteiger partial charge in [-0.3, -0.25) is 14.8 Å². The summed E-state index contributed by atoms with van der Waals surface area (Å²) >= 11 is 0. The Morgan fingerprint density at radius 3 is 2.83 bits per heavy atom. The molecule has 1 aromatic heterocycles. The summed E-state index contributed by atoms with van der Waals surface area (Å²) in [7, 11) is 0. The SMILES string of the molecule is O=C(c1ccn[nH]1)N1CCCC[C@H]2CN(Cc3ccccc3)C[C@H]21. The highest BCUT2D eigenvalue weighted by Crippen LogP contribution is 2.31. The van der Waals surface area contributed by atoms with Crippen LogP contribution in [0.1, 0.15) is 35.3 Å². The highest BCUT2D eigenvalue weighted by atomic mass is 16.2. The maximum atomic E-state index is 12.9. The van der Waals surface area contributed by atoms with E-state index in [0.29, 0.717) is 17.7 Å². The molecule has 1 amide bonds. The van der Waals surface area contributed by atoms with Crippen molar-refractivity contribution in [3.63, 3.8) is 0 Å². The number of aromatic amines is 1. The minimum atomic E-state index is 0.103. The van der Waals surface area contributed by atoms with E-state index in [1.807, 2.05) is 0 Å². The van der Waals surface area contributed by atoms with Crippen molar-refractivity contribution in [1.29, 1.82) is 0 Å². The molecule has 5 nitrogen and oxygen atoms in total. The van der Waals surface area contributed by atoms with Crippen molar-refractivity contribution < 1.29 is 4.79 Å². The third-order valence-corrected chi connectivity index (χ3v) is 5.35. The van der Waals surface area contributed by atoms with Crippen molar-refractivity contribution in [3.05, 3.63) is 53.9 Å². The number of carbonyl (C=O) groups excluding carboxylic acids is 1. The third kappa shape index (κ3) is 3.08. The van der Waals surface area contributed by atoms with Gasteiger partial charge in [0, 0.05) is 38.4 Å². The summed E-state index contributed by atoms with van der Waals surface area (Å²) in [6.45, 7) is 3.89. The van der Waals surface area contributed by atoms with Crippen molar-refractivity contribution in [3.8, 4) is 0 Å². The Labute approximate surface area is 142 Å². The monoisotopic (exact) mass is 324 g/mol. The van der Waals surface area contributed by atoms with Crippen LogP contribution in [0.3, 0.4) is 0 Å². The Hall–Kier alpha value is -2.14.